The summed E-state index contributed by atoms with van der Waals surface area (Å²) in [7, 11) is -4.34. The number of sulfonamides is 1. The smallest absolute Gasteiger partial charge is 0.308 e. The molecule has 0 aliphatic carbocycles. The maximum Gasteiger partial charge on any atom is 0.308 e. The summed E-state index contributed by atoms with van der Waals surface area (Å²) in [4.78, 5) is 32.5. The van der Waals surface area contributed by atoms with E-state index in [4.69, 9.17) is 4.74 Å². The van der Waals surface area contributed by atoms with E-state index in [0.29, 0.717) is 0 Å². The summed E-state index contributed by atoms with van der Waals surface area (Å²) in [6.45, 7) is 4.21. The van der Waals surface area contributed by atoms with Crippen LogP contribution in [0.15, 0.2) is 29.2 Å². The lowest BCUT2D eigenvalue weighted by Gasteiger charge is -2.21. The topological polar surface area (TPSA) is 153 Å². The van der Waals surface area contributed by atoms with Crippen molar-refractivity contribution in [2.75, 3.05) is 6.54 Å². The minimum atomic E-state index is -4.34. The van der Waals surface area contributed by atoms with Crippen LogP contribution in [0.25, 0.3) is 0 Å². The normalized spacial score (nSPS) is 13.0. The molecule has 11 heteroatoms. The van der Waals surface area contributed by atoms with Crippen LogP contribution in [0.4, 0.5) is 5.69 Å². The molecule has 1 rings (SSSR count). The molecule has 0 amide bonds. The molecule has 26 heavy (non-hydrogen) atoms. The summed E-state index contributed by atoms with van der Waals surface area (Å²) in [6, 6.07) is 4.66. The number of para-hydroxylation sites is 1. The van der Waals surface area contributed by atoms with Crippen molar-refractivity contribution in [2.24, 2.45) is 5.92 Å². The first-order valence-corrected chi connectivity index (χ1v) is 8.99. The second-order valence-electron chi connectivity index (χ2n) is 6.40. The third kappa shape index (κ3) is 6.41. The predicted octanol–water partition coefficient (Wildman–Crippen LogP) is 1.31. The molecule has 1 aromatic rings. The number of carbonyl (C=O) groups is 2. The van der Waals surface area contributed by atoms with Crippen LogP contribution >= 0.6 is 0 Å². The van der Waals surface area contributed by atoms with Gasteiger partial charge in [0.05, 0.1) is 17.3 Å². The molecule has 1 aromatic carbocycles. The summed E-state index contributed by atoms with van der Waals surface area (Å²) < 4.78 is 31.6. The molecule has 10 nitrogen and oxygen atoms in total. The Morgan fingerprint density at radius 1 is 1.31 bits per heavy atom. The van der Waals surface area contributed by atoms with Crippen molar-refractivity contribution in [2.45, 2.75) is 37.7 Å². The number of ether oxygens (including phenoxy) is 1. The Bertz CT molecular complexity index is 798. The van der Waals surface area contributed by atoms with Crippen LogP contribution in [-0.4, -0.2) is 42.5 Å². The van der Waals surface area contributed by atoms with Gasteiger partial charge in [0.15, 0.2) is 4.90 Å². The highest BCUT2D eigenvalue weighted by molar-refractivity contribution is 7.89. The first-order chi connectivity index (χ1) is 11.8. The number of nitrogens with one attached hydrogen (secondary N) is 1. The second-order valence-corrected chi connectivity index (χ2v) is 8.14. The molecule has 0 spiro atoms. The lowest BCUT2D eigenvalue weighted by atomic mass is 10.1. The molecule has 0 aliphatic heterocycles. The highest BCUT2D eigenvalue weighted by Crippen LogP contribution is 2.23. The number of carboxylic acid groups (broad SMARTS) is 1. The van der Waals surface area contributed by atoms with E-state index in [9.17, 15) is 33.2 Å². The number of carboxylic acids is 1. The zero-order valence-corrected chi connectivity index (χ0v) is 15.3. The fourth-order valence-corrected chi connectivity index (χ4v) is 3.21. The lowest BCUT2D eigenvalue weighted by molar-refractivity contribution is -0.387. The van der Waals surface area contributed by atoms with Gasteiger partial charge >= 0.3 is 11.9 Å². The summed E-state index contributed by atoms with van der Waals surface area (Å²) in [5.74, 6) is -3.58. The fourth-order valence-electron chi connectivity index (χ4n) is 1.95. The zero-order valence-electron chi connectivity index (χ0n) is 14.5. The number of aliphatic carboxylic acids is 1. The monoisotopic (exact) mass is 388 g/mol. The van der Waals surface area contributed by atoms with E-state index in [-0.39, 0.29) is 0 Å². The van der Waals surface area contributed by atoms with Gasteiger partial charge in [-0.3, -0.25) is 19.7 Å². The number of benzene rings is 1. The number of esters is 1. The zero-order chi connectivity index (χ0) is 20.1. The van der Waals surface area contributed by atoms with Gasteiger partial charge in [0.2, 0.25) is 10.0 Å². The van der Waals surface area contributed by atoms with Crippen LogP contribution < -0.4 is 4.72 Å². The summed E-state index contributed by atoms with van der Waals surface area (Å²) >= 11 is 0. The Morgan fingerprint density at radius 2 is 1.88 bits per heavy atom. The van der Waals surface area contributed by atoms with E-state index in [1.807, 2.05) is 4.72 Å². The highest BCUT2D eigenvalue weighted by Gasteiger charge is 2.29. The molecule has 144 valence electrons. The van der Waals surface area contributed by atoms with Crippen LogP contribution in [0.3, 0.4) is 0 Å². The van der Waals surface area contributed by atoms with Crippen LogP contribution in [0.5, 0.6) is 0 Å². The molecule has 2 N–H and O–H groups in total. The molecule has 1 atom stereocenters. The fraction of sp³-hybridized carbons (Fsp3) is 0.467. The van der Waals surface area contributed by atoms with E-state index in [1.165, 1.54) is 12.1 Å². The van der Waals surface area contributed by atoms with Gasteiger partial charge in [-0.25, -0.2) is 13.1 Å². The van der Waals surface area contributed by atoms with Crippen molar-refractivity contribution in [3.05, 3.63) is 34.4 Å². The van der Waals surface area contributed by atoms with E-state index in [1.54, 1.807) is 20.8 Å². The average Bonchev–Trinajstić information content (AvgIpc) is 2.49. The van der Waals surface area contributed by atoms with Crippen molar-refractivity contribution >= 4 is 27.6 Å². The van der Waals surface area contributed by atoms with Crippen molar-refractivity contribution in [3.8, 4) is 0 Å². The molecule has 0 saturated carbocycles. The average molecular weight is 388 g/mol. The number of nitro groups is 1. The first-order valence-electron chi connectivity index (χ1n) is 7.51. The number of carbonyl (C=O) groups excluding carboxylic acids is 1. The minimum Gasteiger partial charge on any atom is -0.481 e. The van der Waals surface area contributed by atoms with E-state index >= 15 is 0 Å². The minimum absolute atomic E-state index is 0.550. The van der Waals surface area contributed by atoms with Gasteiger partial charge in [-0.05, 0) is 26.8 Å². The van der Waals surface area contributed by atoms with Crippen molar-refractivity contribution < 1.29 is 32.8 Å². The summed E-state index contributed by atoms with van der Waals surface area (Å²) in [5, 5.41) is 20.1. The van der Waals surface area contributed by atoms with E-state index in [2.05, 4.69) is 0 Å². The van der Waals surface area contributed by atoms with Crippen LogP contribution in [0.2, 0.25) is 0 Å². The highest BCUT2D eigenvalue weighted by atomic mass is 32.2. The van der Waals surface area contributed by atoms with Gasteiger partial charge in [0, 0.05) is 12.6 Å². The van der Waals surface area contributed by atoms with Crippen molar-refractivity contribution in [1.29, 1.82) is 0 Å². The number of hydrogen-bond acceptors (Lipinski definition) is 7. The van der Waals surface area contributed by atoms with Gasteiger partial charge in [-0.1, -0.05) is 12.1 Å². The van der Waals surface area contributed by atoms with Gasteiger partial charge in [0.1, 0.15) is 5.60 Å². The Labute approximate surface area is 150 Å². The Hall–Kier alpha value is -2.53. The molecule has 0 heterocycles. The first kappa shape index (κ1) is 21.5. The molecule has 0 saturated heterocycles. The lowest BCUT2D eigenvalue weighted by Crippen LogP contribution is -2.35. The van der Waals surface area contributed by atoms with Crippen LogP contribution in [-0.2, 0) is 24.3 Å². The molecule has 0 fully saturated rings. The predicted molar refractivity (Wildman–Crippen MR) is 89.9 cm³/mol. The Balaban J connectivity index is 2.91. The van der Waals surface area contributed by atoms with Crippen LogP contribution in [0, 0.1) is 16.0 Å². The van der Waals surface area contributed by atoms with Gasteiger partial charge in [-0.2, -0.15) is 0 Å². The van der Waals surface area contributed by atoms with E-state index in [0.717, 1.165) is 12.1 Å². The third-order valence-corrected chi connectivity index (χ3v) is 4.52. The quantitative estimate of drug-likeness (QED) is 0.384. The van der Waals surface area contributed by atoms with Crippen LogP contribution in [0.1, 0.15) is 27.2 Å². The SMILES string of the molecule is CC(C)(C)OC(=O)C[C@@H](CNS(=O)(=O)c1ccccc1[N+](=O)[O-])C(=O)O. The second kappa shape index (κ2) is 8.23. The molecule has 0 aliphatic rings. The molecular weight excluding hydrogens is 368 g/mol. The van der Waals surface area contributed by atoms with Gasteiger partial charge in [-0.15, -0.1) is 0 Å². The van der Waals surface area contributed by atoms with Crippen molar-refractivity contribution in [3.63, 3.8) is 0 Å². The molecular formula is C15H20N2O8S. The molecule has 0 bridgehead atoms. The molecule has 0 radical (unpaired) electrons. The summed E-state index contributed by atoms with van der Waals surface area (Å²) in [6.07, 6.45) is -0.550. The number of nitrogens with zero attached hydrogens (tertiary/aromatic N) is 1. The van der Waals surface area contributed by atoms with Gasteiger partial charge in [0.25, 0.3) is 5.69 Å². The Morgan fingerprint density at radius 3 is 2.38 bits per heavy atom. The maximum absolute atomic E-state index is 12.3. The molecule has 0 aromatic heterocycles. The number of hydrogen-bond donors (Lipinski definition) is 2. The standard InChI is InChI=1S/C15H20N2O8S/c1-15(2,3)25-13(18)8-10(14(19)20)9-16-26(23,24)12-7-5-4-6-11(12)17(21)22/h4-7,10,16H,8-9H2,1-3H3,(H,19,20)/t10-/m0/s1. The molecule has 0 unspecified atom stereocenters. The summed E-state index contributed by atoms with van der Waals surface area (Å²) in [5.41, 5.74) is -1.45. The van der Waals surface area contributed by atoms with Crippen molar-refractivity contribution in [1.82, 2.24) is 4.72 Å². The Kier molecular flexibility index (Phi) is 6.81. The number of nitro benzene ring substituents is 1. The van der Waals surface area contributed by atoms with Gasteiger partial charge < -0.3 is 9.84 Å². The largest absolute Gasteiger partial charge is 0.481 e. The van der Waals surface area contributed by atoms with E-state index < -0.39 is 62.0 Å². The maximum atomic E-state index is 12.3. The third-order valence-electron chi connectivity index (χ3n) is 3.05. The number of rotatable bonds is 8.